The lowest BCUT2D eigenvalue weighted by Crippen LogP contribution is -2.32. The SMILES string of the molecule is CN(C)C(=O)Cn1cc(C(=O)NCC2CC(c3ccc(-c4ccccc4)cc3)=NO2)nn1. The van der Waals surface area contributed by atoms with E-state index in [0.717, 1.165) is 22.4 Å². The van der Waals surface area contributed by atoms with Crippen LogP contribution in [0.4, 0.5) is 0 Å². The number of likely N-dealkylation sites (N-methyl/N-ethyl adjacent to an activating group) is 1. The highest BCUT2D eigenvalue weighted by atomic mass is 16.6. The first-order valence-corrected chi connectivity index (χ1v) is 10.3. The Kier molecular flexibility index (Phi) is 6.25. The Morgan fingerprint density at radius 1 is 1.06 bits per heavy atom. The molecule has 1 aliphatic rings. The zero-order valence-electron chi connectivity index (χ0n) is 17.9. The minimum absolute atomic E-state index is 0.0271. The molecule has 2 amide bonds. The Hall–Kier alpha value is -4.01. The lowest BCUT2D eigenvalue weighted by molar-refractivity contribution is -0.129. The summed E-state index contributed by atoms with van der Waals surface area (Å²) in [6.45, 7) is 0.316. The number of nitrogens with zero attached hydrogens (tertiary/aromatic N) is 5. The second-order valence-corrected chi connectivity index (χ2v) is 7.71. The van der Waals surface area contributed by atoms with Gasteiger partial charge in [0, 0.05) is 20.5 Å². The predicted octanol–water partition coefficient (Wildman–Crippen LogP) is 1.96. The molecule has 9 nitrogen and oxygen atoms in total. The van der Waals surface area contributed by atoms with Crippen molar-refractivity contribution in [3.8, 4) is 11.1 Å². The van der Waals surface area contributed by atoms with Crippen molar-refractivity contribution in [2.24, 2.45) is 5.16 Å². The Balaban J connectivity index is 1.27. The van der Waals surface area contributed by atoms with Crippen LogP contribution in [0.15, 0.2) is 65.9 Å². The molecule has 2 heterocycles. The highest BCUT2D eigenvalue weighted by molar-refractivity contribution is 6.01. The van der Waals surface area contributed by atoms with Crippen LogP contribution in [0.3, 0.4) is 0 Å². The van der Waals surface area contributed by atoms with Crippen molar-refractivity contribution in [3.63, 3.8) is 0 Å². The molecule has 1 aliphatic heterocycles. The third kappa shape index (κ3) is 5.00. The molecule has 1 unspecified atom stereocenters. The normalized spacial score (nSPS) is 15.1. The van der Waals surface area contributed by atoms with Crippen molar-refractivity contribution < 1.29 is 14.4 Å². The summed E-state index contributed by atoms with van der Waals surface area (Å²) in [6.07, 6.45) is 1.78. The molecule has 0 fully saturated rings. The van der Waals surface area contributed by atoms with E-state index in [1.54, 1.807) is 14.1 Å². The van der Waals surface area contributed by atoms with Crippen molar-refractivity contribution in [2.75, 3.05) is 20.6 Å². The van der Waals surface area contributed by atoms with E-state index in [-0.39, 0.29) is 36.7 Å². The maximum absolute atomic E-state index is 12.3. The number of hydrogen-bond acceptors (Lipinski definition) is 6. The fraction of sp³-hybridized carbons (Fsp3) is 0.261. The van der Waals surface area contributed by atoms with Gasteiger partial charge in [-0.2, -0.15) is 0 Å². The summed E-state index contributed by atoms with van der Waals surface area (Å²) in [4.78, 5) is 31.0. The third-order valence-electron chi connectivity index (χ3n) is 5.12. The quantitative estimate of drug-likeness (QED) is 0.615. The first-order valence-electron chi connectivity index (χ1n) is 10.3. The van der Waals surface area contributed by atoms with Gasteiger partial charge < -0.3 is 15.1 Å². The standard InChI is InChI=1S/C23H24N6O3/c1-28(2)22(30)15-29-14-21(25-27-29)23(31)24-13-19-12-20(26-32-19)18-10-8-17(9-11-18)16-6-4-3-5-7-16/h3-11,14,19H,12-13,15H2,1-2H3,(H,24,31). The van der Waals surface area contributed by atoms with Crippen LogP contribution >= 0.6 is 0 Å². The molecule has 1 N–H and O–H groups in total. The number of rotatable bonds is 7. The van der Waals surface area contributed by atoms with Crippen LogP contribution in [-0.2, 0) is 16.2 Å². The lowest BCUT2D eigenvalue weighted by atomic mass is 10.0. The fourth-order valence-electron chi connectivity index (χ4n) is 3.25. The van der Waals surface area contributed by atoms with Gasteiger partial charge in [-0.15, -0.1) is 5.10 Å². The first-order chi connectivity index (χ1) is 15.5. The van der Waals surface area contributed by atoms with E-state index in [1.165, 1.54) is 15.8 Å². The summed E-state index contributed by atoms with van der Waals surface area (Å²) in [5.74, 6) is -0.513. The molecule has 0 aliphatic carbocycles. The van der Waals surface area contributed by atoms with Gasteiger partial charge in [-0.25, -0.2) is 4.68 Å². The molecule has 0 spiro atoms. The molecule has 0 bridgehead atoms. The molecule has 0 saturated heterocycles. The minimum atomic E-state index is -0.377. The van der Waals surface area contributed by atoms with Crippen molar-refractivity contribution in [2.45, 2.75) is 19.1 Å². The number of carbonyl (C=O) groups excluding carboxylic acids is 2. The van der Waals surface area contributed by atoms with E-state index in [9.17, 15) is 9.59 Å². The molecule has 164 valence electrons. The molecular formula is C23H24N6O3. The van der Waals surface area contributed by atoms with E-state index < -0.39 is 0 Å². The van der Waals surface area contributed by atoms with E-state index in [1.807, 2.05) is 30.3 Å². The number of amides is 2. The number of aromatic nitrogens is 3. The summed E-state index contributed by atoms with van der Waals surface area (Å²) in [5, 5.41) is 14.6. The number of hydrogen-bond donors (Lipinski definition) is 1. The van der Waals surface area contributed by atoms with Crippen LogP contribution in [0.2, 0.25) is 0 Å². The fourth-order valence-corrected chi connectivity index (χ4v) is 3.25. The highest BCUT2D eigenvalue weighted by Gasteiger charge is 2.23. The maximum atomic E-state index is 12.3. The molecule has 32 heavy (non-hydrogen) atoms. The van der Waals surface area contributed by atoms with Crippen molar-refractivity contribution in [3.05, 3.63) is 72.1 Å². The summed E-state index contributed by atoms with van der Waals surface area (Å²) in [6, 6.07) is 18.3. The average Bonchev–Trinajstić information content (AvgIpc) is 3.48. The van der Waals surface area contributed by atoms with Crippen molar-refractivity contribution >= 4 is 17.5 Å². The number of oxime groups is 1. The number of carbonyl (C=O) groups is 2. The van der Waals surface area contributed by atoms with Gasteiger partial charge in [-0.3, -0.25) is 9.59 Å². The monoisotopic (exact) mass is 432 g/mol. The van der Waals surface area contributed by atoms with Crippen molar-refractivity contribution in [1.82, 2.24) is 25.2 Å². The predicted molar refractivity (Wildman–Crippen MR) is 119 cm³/mol. The largest absolute Gasteiger partial charge is 0.390 e. The lowest BCUT2D eigenvalue weighted by Gasteiger charge is -2.09. The topological polar surface area (TPSA) is 102 Å². The van der Waals surface area contributed by atoms with Gasteiger partial charge in [0.05, 0.1) is 18.5 Å². The number of nitrogens with one attached hydrogen (secondary N) is 1. The molecule has 4 rings (SSSR count). The molecule has 0 saturated carbocycles. The highest BCUT2D eigenvalue weighted by Crippen LogP contribution is 2.22. The van der Waals surface area contributed by atoms with E-state index in [2.05, 4.69) is 45.1 Å². The van der Waals surface area contributed by atoms with Gasteiger partial charge in [-0.1, -0.05) is 65.0 Å². The van der Waals surface area contributed by atoms with Crippen LogP contribution in [0.25, 0.3) is 11.1 Å². The second-order valence-electron chi connectivity index (χ2n) is 7.71. The zero-order chi connectivity index (χ0) is 22.5. The third-order valence-corrected chi connectivity index (χ3v) is 5.12. The second kappa shape index (κ2) is 9.42. The summed E-state index contributed by atoms with van der Waals surface area (Å²) in [7, 11) is 3.31. The Morgan fingerprint density at radius 3 is 2.47 bits per heavy atom. The molecule has 3 aromatic rings. The molecular weight excluding hydrogens is 408 g/mol. The minimum Gasteiger partial charge on any atom is -0.390 e. The molecule has 1 atom stereocenters. The van der Waals surface area contributed by atoms with E-state index in [4.69, 9.17) is 4.84 Å². The Bertz CT molecular complexity index is 1120. The van der Waals surface area contributed by atoms with Crippen LogP contribution < -0.4 is 5.32 Å². The van der Waals surface area contributed by atoms with E-state index >= 15 is 0 Å². The molecule has 9 heteroatoms. The van der Waals surface area contributed by atoms with Gasteiger partial charge in [0.25, 0.3) is 5.91 Å². The summed E-state index contributed by atoms with van der Waals surface area (Å²) >= 11 is 0. The van der Waals surface area contributed by atoms with Crippen LogP contribution in [-0.4, -0.2) is 64.2 Å². The maximum Gasteiger partial charge on any atom is 0.273 e. The molecule has 0 radical (unpaired) electrons. The number of benzene rings is 2. The van der Waals surface area contributed by atoms with Gasteiger partial charge in [0.1, 0.15) is 12.6 Å². The van der Waals surface area contributed by atoms with Gasteiger partial charge >= 0.3 is 0 Å². The molecule has 1 aromatic heterocycles. The van der Waals surface area contributed by atoms with Crippen LogP contribution in [0, 0.1) is 0 Å². The molecule has 2 aromatic carbocycles. The van der Waals surface area contributed by atoms with Crippen LogP contribution in [0.5, 0.6) is 0 Å². The smallest absolute Gasteiger partial charge is 0.273 e. The first kappa shape index (κ1) is 21.2. The average molecular weight is 432 g/mol. The van der Waals surface area contributed by atoms with Crippen molar-refractivity contribution in [1.29, 1.82) is 0 Å². The van der Waals surface area contributed by atoms with Crippen LogP contribution in [0.1, 0.15) is 22.5 Å². The van der Waals surface area contributed by atoms with Gasteiger partial charge in [0.2, 0.25) is 5.91 Å². The Morgan fingerprint density at radius 2 is 1.75 bits per heavy atom. The van der Waals surface area contributed by atoms with Gasteiger partial charge in [0.15, 0.2) is 5.69 Å². The van der Waals surface area contributed by atoms with Gasteiger partial charge in [-0.05, 0) is 16.7 Å². The summed E-state index contributed by atoms with van der Waals surface area (Å²) < 4.78 is 1.34. The summed E-state index contributed by atoms with van der Waals surface area (Å²) in [5.41, 5.74) is 4.28. The van der Waals surface area contributed by atoms with E-state index in [0.29, 0.717) is 6.42 Å². The zero-order valence-corrected chi connectivity index (χ0v) is 17.9. The Labute approximate surface area is 185 Å².